The van der Waals surface area contributed by atoms with Crippen molar-refractivity contribution in [3.05, 3.63) is 102 Å². The molecular formula is C41H44N10O4. The number of hydrogen-bond donors (Lipinski definition) is 4. The average Bonchev–Trinajstić information content (AvgIpc) is 3.91. The molecule has 0 saturated carbocycles. The van der Waals surface area contributed by atoms with Crippen molar-refractivity contribution in [2.45, 2.75) is 70.0 Å². The smallest absolute Gasteiger partial charge is 0.256 e. The molecule has 2 atom stereocenters. The van der Waals surface area contributed by atoms with E-state index in [1.165, 1.54) is 0 Å². The Morgan fingerprint density at radius 3 is 2.58 bits per heavy atom. The van der Waals surface area contributed by atoms with Gasteiger partial charge in [0.25, 0.3) is 11.8 Å². The predicted octanol–water partition coefficient (Wildman–Crippen LogP) is 5.20. The number of rotatable bonds is 13. The Hall–Kier alpha value is -6.15. The number of carbonyl (C=O) groups excluding carboxylic acids is 4. The number of nitrogens with two attached hydrogens (primary N) is 1. The first kappa shape index (κ1) is 35.9. The Morgan fingerprint density at radius 2 is 1.76 bits per heavy atom. The fourth-order valence-electron chi connectivity index (χ4n) is 8.08. The zero-order chi connectivity index (χ0) is 37.9. The van der Waals surface area contributed by atoms with Gasteiger partial charge in [0.1, 0.15) is 34.7 Å². The first-order valence-corrected chi connectivity index (χ1v) is 19.1. The number of imide groups is 1. The van der Waals surface area contributed by atoms with Crippen LogP contribution >= 0.6 is 0 Å². The van der Waals surface area contributed by atoms with Gasteiger partial charge in [0.15, 0.2) is 0 Å². The van der Waals surface area contributed by atoms with E-state index in [1.807, 2.05) is 42.6 Å². The number of benzene rings is 2. The lowest BCUT2D eigenvalue weighted by Gasteiger charge is -2.29. The maximum absolute atomic E-state index is 13.2. The zero-order valence-electron chi connectivity index (χ0n) is 30.5. The third-order valence-corrected chi connectivity index (χ3v) is 10.9. The molecule has 0 spiro atoms. The molecule has 55 heavy (non-hydrogen) atoms. The van der Waals surface area contributed by atoms with Crippen molar-refractivity contribution in [1.29, 1.82) is 0 Å². The summed E-state index contributed by atoms with van der Waals surface area (Å²) in [5, 5.41) is 8.72. The van der Waals surface area contributed by atoms with Gasteiger partial charge >= 0.3 is 0 Å². The maximum atomic E-state index is 13.2. The Bertz CT molecular complexity index is 2240. The first-order chi connectivity index (χ1) is 26.9. The lowest BCUT2D eigenvalue weighted by Crippen LogP contribution is -2.52. The molecule has 5 aromatic rings. The molecule has 4 amide bonds. The van der Waals surface area contributed by atoms with Crippen molar-refractivity contribution < 1.29 is 19.2 Å². The van der Waals surface area contributed by atoms with Gasteiger partial charge < -0.3 is 21.3 Å². The van der Waals surface area contributed by atoms with Crippen LogP contribution in [0.1, 0.15) is 89.5 Å². The van der Waals surface area contributed by atoms with Crippen LogP contribution in [0.2, 0.25) is 0 Å². The van der Waals surface area contributed by atoms with Gasteiger partial charge in [0.05, 0.1) is 6.04 Å². The molecule has 5 N–H and O–H groups in total. The van der Waals surface area contributed by atoms with Crippen LogP contribution in [-0.2, 0) is 16.1 Å². The van der Waals surface area contributed by atoms with Gasteiger partial charge in [0, 0.05) is 66.0 Å². The highest BCUT2D eigenvalue weighted by Crippen LogP contribution is 2.37. The molecule has 0 bridgehead atoms. The molecule has 3 aromatic heterocycles. The largest absolute Gasteiger partial charge is 0.385 e. The number of nitrogen functional groups attached to an aromatic ring is 1. The van der Waals surface area contributed by atoms with Crippen molar-refractivity contribution in [2.75, 3.05) is 36.0 Å². The van der Waals surface area contributed by atoms with E-state index in [2.05, 4.69) is 35.2 Å². The number of piperidine rings is 1. The molecule has 0 radical (unpaired) electrons. The summed E-state index contributed by atoms with van der Waals surface area (Å²) in [5.41, 5.74) is 11.8. The van der Waals surface area contributed by atoms with Gasteiger partial charge in [0.2, 0.25) is 11.8 Å². The van der Waals surface area contributed by atoms with Crippen molar-refractivity contribution in [1.82, 2.24) is 34.5 Å². The minimum atomic E-state index is -0.623. The molecule has 8 rings (SSSR count). The van der Waals surface area contributed by atoms with E-state index in [1.54, 1.807) is 41.6 Å². The number of aromatic nitrogens is 4. The number of pyridine rings is 1. The number of nitrogens with zero attached hydrogens (tertiary/aromatic N) is 6. The third kappa shape index (κ3) is 7.37. The molecule has 2 saturated heterocycles. The highest BCUT2D eigenvalue weighted by atomic mass is 16.2. The van der Waals surface area contributed by atoms with Crippen LogP contribution in [0.25, 0.3) is 16.8 Å². The second-order valence-corrected chi connectivity index (χ2v) is 14.4. The van der Waals surface area contributed by atoms with E-state index in [4.69, 9.17) is 10.7 Å². The van der Waals surface area contributed by atoms with Crippen LogP contribution < -0.4 is 21.7 Å². The second kappa shape index (κ2) is 15.7. The van der Waals surface area contributed by atoms with Gasteiger partial charge in [-0.05, 0) is 81.6 Å². The fraction of sp³-hybridized carbons (Fsp3) is 0.341. The summed E-state index contributed by atoms with van der Waals surface area (Å²) in [6.45, 7) is 3.11. The summed E-state index contributed by atoms with van der Waals surface area (Å²) in [5.74, 6) is 0.758. The van der Waals surface area contributed by atoms with Crippen LogP contribution in [-0.4, -0.2) is 78.5 Å². The number of nitrogens with one attached hydrogen (secondary N) is 3. The number of amides is 4. The second-order valence-electron chi connectivity index (χ2n) is 14.4. The molecule has 1 unspecified atom stereocenters. The number of anilines is 3. The fourth-order valence-corrected chi connectivity index (χ4v) is 8.08. The Balaban J connectivity index is 0.854. The van der Waals surface area contributed by atoms with Crippen LogP contribution in [0.5, 0.6) is 0 Å². The standard InChI is InChI=1S/C41H44N10O4/c42-37-36-35(26-13-15-27(16-14-26)39(53)46-33-12-3-5-20-44-33)48-38(50(36)24-21-45-37)31-11-8-23-49(31)22-6-2-1-4-19-43-30-10-7-9-28-29(30)25-51(41(28)55)32-17-18-34(52)47-40(32)54/h3,5,7,9-10,12-16,20-21,24,31-32,43H,1-2,4,6,8,11,17-19,22-23,25H2,(H2,42,45)(H,44,46,53)(H,47,52,54)/t31-,32?/m0/s1. The molecule has 3 aliphatic rings. The van der Waals surface area contributed by atoms with Crippen molar-refractivity contribution in [3.63, 3.8) is 0 Å². The number of unbranched alkanes of at least 4 members (excludes halogenated alkanes) is 3. The lowest BCUT2D eigenvalue weighted by molar-refractivity contribution is -0.136. The van der Waals surface area contributed by atoms with Gasteiger partial charge in [-0.25, -0.2) is 15.0 Å². The molecule has 2 fully saturated rings. The Labute approximate surface area is 318 Å². The average molecular weight is 741 g/mol. The van der Waals surface area contributed by atoms with E-state index in [9.17, 15) is 19.2 Å². The van der Waals surface area contributed by atoms with Gasteiger partial charge in [-0.2, -0.15) is 0 Å². The molecule has 0 aliphatic carbocycles. The summed E-state index contributed by atoms with van der Waals surface area (Å²) >= 11 is 0. The molecule has 282 valence electrons. The van der Waals surface area contributed by atoms with Crippen LogP contribution in [0, 0.1) is 0 Å². The third-order valence-electron chi connectivity index (χ3n) is 10.9. The van der Waals surface area contributed by atoms with Crippen molar-refractivity contribution >= 4 is 46.5 Å². The van der Waals surface area contributed by atoms with Crippen molar-refractivity contribution in [3.8, 4) is 11.3 Å². The van der Waals surface area contributed by atoms with E-state index in [0.29, 0.717) is 35.7 Å². The summed E-state index contributed by atoms with van der Waals surface area (Å²) in [6, 6.07) is 17.9. The Kier molecular flexibility index (Phi) is 10.2. The molecule has 6 heterocycles. The predicted molar refractivity (Wildman–Crippen MR) is 208 cm³/mol. The van der Waals surface area contributed by atoms with E-state index >= 15 is 0 Å². The Morgan fingerprint density at radius 1 is 0.909 bits per heavy atom. The zero-order valence-corrected chi connectivity index (χ0v) is 30.5. The van der Waals surface area contributed by atoms with Gasteiger partial charge in [-0.15, -0.1) is 0 Å². The number of fused-ring (bicyclic) bond motifs is 2. The molecule has 3 aliphatic heterocycles. The van der Waals surface area contributed by atoms with Gasteiger partial charge in [-0.1, -0.05) is 37.1 Å². The van der Waals surface area contributed by atoms with Crippen molar-refractivity contribution in [2.24, 2.45) is 0 Å². The van der Waals surface area contributed by atoms with Crippen LogP contribution in [0.15, 0.2) is 79.3 Å². The summed E-state index contributed by atoms with van der Waals surface area (Å²) in [6.07, 6.45) is 12.2. The number of carbonyl (C=O) groups is 4. The molecule has 14 nitrogen and oxygen atoms in total. The highest BCUT2D eigenvalue weighted by molar-refractivity contribution is 6.06. The number of hydrogen-bond acceptors (Lipinski definition) is 10. The molecule has 2 aromatic carbocycles. The SMILES string of the molecule is Nc1nccn2c([C@@H]3CCCN3CCCCCCNc3cccc4c3CN(C3CCC(=O)NC3=O)C4=O)nc(-c3ccc(C(=O)Nc4ccccn4)cc3)c12. The minimum absolute atomic E-state index is 0.149. The number of likely N-dealkylation sites (tertiary alicyclic amines) is 1. The van der Waals surface area contributed by atoms with E-state index in [-0.39, 0.29) is 30.2 Å². The molecule has 14 heteroatoms. The first-order valence-electron chi connectivity index (χ1n) is 19.1. The lowest BCUT2D eigenvalue weighted by atomic mass is 10.0. The van der Waals surface area contributed by atoms with E-state index < -0.39 is 11.9 Å². The molecular weight excluding hydrogens is 697 g/mol. The summed E-state index contributed by atoms with van der Waals surface area (Å²) in [4.78, 5) is 68.0. The van der Waals surface area contributed by atoms with Crippen LogP contribution in [0.4, 0.5) is 17.3 Å². The summed E-state index contributed by atoms with van der Waals surface area (Å²) in [7, 11) is 0. The normalized spacial score (nSPS) is 18.5. The number of imidazole rings is 1. The quantitative estimate of drug-likeness (QED) is 0.0927. The topological polar surface area (TPSA) is 180 Å². The van der Waals surface area contributed by atoms with E-state index in [0.717, 1.165) is 92.0 Å². The maximum Gasteiger partial charge on any atom is 0.256 e. The summed E-state index contributed by atoms with van der Waals surface area (Å²) < 4.78 is 2.08. The highest BCUT2D eigenvalue weighted by Gasteiger charge is 2.40. The minimum Gasteiger partial charge on any atom is -0.385 e. The van der Waals surface area contributed by atoms with Crippen LogP contribution in [0.3, 0.4) is 0 Å². The van der Waals surface area contributed by atoms with Gasteiger partial charge in [-0.3, -0.25) is 33.8 Å². The monoisotopic (exact) mass is 740 g/mol.